The summed E-state index contributed by atoms with van der Waals surface area (Å²) < 4.78 is 35.7. The molecule has 1 saturated carbocycles. The molecule has 0 aromatic carbocycles. The normalized spacial score (nSPS) is 32.6. The topological polar surface area (TPSA) is 0 Å². The van der Waals surface area contributed by atoms with Gasteiger partial charge in [0.25, 0.3) is 0 Å². The Kier molecular flexibility index (Phi) is 3.60. The van der Waals surface area contributed by atoms with E-state index >= 15 is 0 Å². The van der Waals surface area contributed by atoms with Crippen molar-refractivity contribution in [3.63, 3.8) is 0 Å². The van der Waals surface area contributed by atoms with E-state index in [9.17, 15) is 13.2 Å². The third kappa shape index (κ3) is 3.26. The minimum absolute atomic E-state index is 0.306. The Balaban J connectivity index is 1.54. The number of fused-ring (bicyclic) bond motifs is 2. The van der Waals surface area contributed by atoms with E-state index in [1.165, 1.54) is 12.8 Å². The van der Waals surface area contributed by atoms with Crippen LogP contribution in [0, 0.1) is 17.8 Å². The number of hydrogen-bond acceptors (Lipinski definition) is 0. The van der Waals surface area contributed by atoms with Gasteiger partial charge in [-0.25, -0.2) is 0 Å². The lowest BCUT2D eigenvalue weighted by Crippen LogP contribution is -2.08. The van der Waals surface area contributed by atoms with Gasteiger partial charge in [-0.3, -0.25) is 0 Å². The SMILES string of the molecule is FC(F)(F)CCCCCC1CC2C=CC1C2. The summed E-state index contributed by atoms with van der Waals surface area (Å²) in [7, 11) is 0. The van der Waals surface area contributed by atoms with E-state index in [1.807, 2.05) is 0 Å². The lowest BCUT2D eigenvalue weighted by molar-refractivity contribution is -0.135. The Morgan fingerprint density at radius 3 is 2.38 bits per heavy atom. The summed E-state index contributed by atoms with van der Waals surface area (Å²) in [6, 6.07) is 0. The van der Waals surface area contributed by atoms with Crippen molar-refractivity contribution in [2.45, 2.75) is 51.1 Å². The standard InChI is InChI=1S/C13H19F3/c14-13(15,16)7-3-1-2-4-11-8-10-5-6-12(11)9-10/h5-6,10-12H,1-4,7-9H2. The van der Waals surface area contributed by atoms with Crippen LogP contribution in [-0.2, 0) is 0 Å². The molecule has 0 aliphatic heterocycles. The van der Waals surface area contributed by atoms with E-state index in [-0.39, 0.29) is 0 Å². The van der Waals surface area contributed by atoms with Gasteiger partial charge in [0.15, 0.2) is 0 Å². The van der Waals surface area contributed by atoms with Gasteiger partial charge in [0.2, 0.25) is 0 Å². The Bertz CT molecular complexity index is 254. The van der Waals surface area contributed by atoms with E-state index in [0.29, 0.717) is 6.42 Å². The molecule has 0 radical (unpaired) electrons. The highest BCUT2D eigenvalue weighted by atomic mass is 19.4. The van der Waals surface area contributed by atoms with Gasteiger partial charge >= 0.3 is 6.18 Å². The summed E-state index contributed by atoms with van der Waals surface area (Å²) in [6.45, 7) is 0. The third-order valence-corrected chi connectivity index (χ3v) is 3.95. The summed E-state index contributed by atoms with van der Waals surface area (Å²) in [4.78, 5) is 0. The molecule has 3 heteroatoms. The zero-order valence-electron chi connectivity index (χ0n) is 9.47. The van der Waals surface area contributed by atoms with Crippen LogP contribution in [0.4, 0.5) is 13.2 Å². The molecule has 2 aliphatic rings. The Labute approximate surface area is 94.9 Å². The monoisotopic (exact) mass is 232 g/mol. The van der Waals surface area contributed by atoms with E-state index < -0.39 is 12.6 Å². The van der Waals surface area contributed by atoms with Crippen molar-refractivity contribution in [2.75, 3.05) is 0 Å². The Morgan fingerprint density at radius 1 is 1.00 bits per heavy atom. The summed E-state index contributed by atoms with van der Waals surface area (Å²) >= 11 is 0. The molecule has 0 saturated heterocycles. The molecular weight excluding hydrogens is 213 g/mol. The van der Waals surface area contributed by atoms with Crippen molar-refractivity contribution in [1.82, 2.24) is 0 Å². The first-order valence-corrected chi connectivity index (χ1v) is 6.30. The van der Waals surface area contributed by atoms with Gasteiger partial charge in [-0.1, -0.05) is 25.0 Å². The molecule has 0 nitrogen and oxygen atoms in total. The number of hydrogen-bond donors (Lipinski definition) is 0. The van der Waals surface area contributed by atoms with Crippen LogP contribution in [0.1, 0.15) is 44.9 Å². The molecule has 0 spiro atoms. The minimum Gasteiger partial charge on any atom is -0.171 e. The molecular formula is C13H19F3. The molecule has 2 bridgehead atoms. The Hall–Kier alpha value is -0.470. The third-order valence-electron chi connectivity index (χ3n) is 3.95. The molecule has 0 aromatic rings. The van der Waals surface area contributed by atoms with Gasteiger partial charge in [-0.15, -0.1) is 0 Å². The maximum absolute atomic E-state index is 11.9. The van der Waals surface area contributed by atoms with E-state index in [4.69, 9.17) is 0 Å². The number of rotatable bonds is 5. The molecule has 0 N–H and O–H groups in total. The van der Waals surface area contributed by atoms with Crippen LogP contribution in [0.2, 0.25) is 0 Å². The molecule has 92 valence electrons. The number of alkyl halides is 3. The van der Waals surface area contributed by atoms with Gasteiger partial charge in [0.1, 0.15) is 0 Å². The second kappa shape index (κ2) is 4.80. The lowest BCUT2D eigenvalue weighted by Gasteiger charge is -2.17. The second-order valence-corrected chi connectivity index (χ2v) is 5.25. The first-order valence-electron chi connectivity index (χ1n) is 6.30. The maximum Gasteiger partial charge on any atom is 0.389 e. The van der Waals surface area contributed by atoms with Crippen LogP contribution in [0.15, 0.2) is 12.2 Å². The number of halogens is 3. The van der Waals surface area contributed by atoms with E-state index in [1.54, 1.807) is 0 Å². The summed E-state index contributed by atoms with van der Waals surface area (Å²) in [5.41, 5.74) is 0. The van der Waals surface area contributed by atoms with Crippen LogP contribution in [-0.4, -0.2) is 6.18 Å². The zero-order chi connectivity index (χ0) is 11.6. The van der Waals surface area contributed by atoms with Crippen molar-refractivity contribution in [1.29, 1.82) is 0 Å². The molecule has 0 amide bonds. The van der Waals surface area contributed by atoms with Gasteiger partial charge in [-0.05, 0) is 43.4 Å². The number of unbranched alkanes of at least 4 members (excludes halogenated alkanes) is 2. The highest BCUT2D eigenvalue weighted by molar-refractivity contribution is 5.09. The molecule has 1 fully saturated rings. The summed E-state index contributed by atoms with van der Waals surface area (Å²) in [6.07, 6.45) is 5.77. The van der Waals surface area contributed by atoms with Gasteiger partial charge < -0.3 is 0 Å². The van der Waals surface area contributed by atoms with Crippen molar-refractivity contribution < 1.29 is 13.2 Å². The molecule has 3 atom stereocenters. The largest absolute Gasteiger partial charge is 0.389 e. The first kappa shape index (κ1) is 12.0. The molecule has 0 aromatic heterocycles. The van der Waals surface area contributed by atoms with Gasteiger partial charge in [0.05, 0.1) is 0 Å². The molecule has 0 heterocycles. The zero-order valence-corrected chi connectivity index (χ0v) is 9.47. The minimum atomic E-state index is -3.96. The predicted octanol–water partition coefficient (Wildman–Crippen LogP) is 4.71. The molecule has 2 aliphatic carbocycles. The first-order chi connectivity index (χ1) is 7.54. The highest BCUT2D eigenvalue weighted by Gasteiger charge is 2.34. The quantitative estimate of drug-likeness (QED) is 0.475. The highest BCUT2D eigenvalue weighted by Crippen LogP contribution is 2.45. The number of allylic oxidation sites excluding steroid dienone is 2. The van der Waals surface area contributed by atoms with Crippen LogP contribution < -0.4 is 0 Å². The predicted molar refractivity (Wildman–Crippen MR) is 58.0 cm³/mol. The van der Waals surface area contributed by atoms with Crippen LogP contribution in [0.5, 0.6) is 0 Å². The van der Waals surface area contributed by atoms with Gasteiger partial charge in [-0.2, -0.15) is 13.2 Å². The molecule has 16 heavy (non-hydrogen) atoms. The molecule has 2 rings (SSSR count). The fourth-order valence-electron chi connectivity index (χ4n) is 3.14. The average Bonchev–Trinajstić information content (AvgIpc) is 2.76. The lowest BCUT2D eigenvalue weighted by atomic mass is 9.88. The van der Waals surface area contributed by atoms with Crippen LogP contribution in [0.3, 0.4) is 0 Å². The van der Waals surface area contributed by atoms with Crippen molar-refractivity contribution in [3.05, 3.63) is 12.2 Å². The summed E-state index contributed by atoms with van der Waals surface area (Å²) in [5, 5.41) is 0. The van der Waals surface area contributed by atoms with E-state index in [2.05, 4.69) is 12.2 Å². The fraction of sp³-hybridized carbons (Fsp3) is 0.846. The fourth-order valence-corrected chi connectivity index (χ4v) is 3.14. The van der Waals surface area contributed by atoms with Crippen LogP contribution >= 0.6 is 0 Å². The second-order valence-electron chi connectivity index (χ2n) is 5.25. The van der Waals surface area contributed by atoms with Crippen molar-refractivity contribution in [3.8, 4) is 0 Å². The van der Waals surface area contributed by atoms with Crippen LogP contribution in [0.25, 0.3) is 0 Å². The van der Waals surface area contributed by atoms with E-state index in [0.717, 1.165) is 37.0 Å². The van der Waals surface area contributed by atoms with Crippen molar-refractivity contribution >= 4 is 0 Å². The van der Waals surface area contributed by atoms with Gasteiger partial charge in [0, 0.05) is 6.42 Å². The maximum atomic E-state index is 11.9. The average molecular weight is 232 g/mol. The van der Waals surface area contributed by atoms with Crippen molar-refractivity contribution in [2.24, 2.45) is 17.8 Å². The Morgan fingerprint density at radius 2 is 1.81 bits per heavy atom. The summed E-state index contributed by atoms with van der Waals surface area (Å²) in [5.74, 6) is 2.29. The smallest absolute Gasteiger partial charge is 0.171 e. The molecule has 3 unspecified atom stereocenters.